The Bertz CT molecular complexity index is 1220. The molecule has 3 aromatic rings. The van der Waals surface area contributed by atoms with Crippen LogP contribution in [0.1, 0.15) is 72.8 Å². The van der Waals surface area contributed by atoms with Crippen molar-refractivity contribution < 1.29 is 19.2 Å². The molecular weight excluding hydrogens is 390 g/mol. The van der Waals surface area contributed by atoms with Crippen molar-refractivity contribution in [1.29, 1.82) is 0 Å². The number of anilines is 1. The molecule has 0 saturated heterocycles. The molecule has 4 rings (SSSR count). The van der Waals surface area contributed by atoms with Crippen LogP contribution in [0.25, 0.3) is 0 Å². The number of benzene rings is 3. The molecule has 0 bridgehead atoms. The summed E-state index contributed by atoms with van der Waals surface area (Å²) in [6.07, 6.45) is 0.755. The minimum Gasteiger partial charge on any atom is -0.322 e. The van der Waals surface area contributed by atoms with Crippen molar-refractivity contribution in [3.05, 3.63) is 100 Å². The SMILES string of the molecule is CCC(C)C(=O)c1ccc(C(=O)Nc2ccc3c(c2)C(=O)c2ccccc2C3=O)cc1. The van der Waals surface area contributed by atoms with Crippen molar-refractivity contribution in [3.8, 4) is 0 Å². The highest BCUT2D eigenvalue weighted by Crippen LogP contribution is 2.29. The summed E-state index contributed by atoms with van der Waals surface area (Å²) >= 11 is 0. The molecule has 5 nitrogen and oxygen atoms in total. The van der Waals surface area contributed by atoms with E-state index in [2.05, 4.69) is 5.32 Å². The number of amides is 1. The third kappa shape index (κ3) is 3.70. The van der Waals surface area contributed by atoms with Crippen LogP contribution in [0.5, 0.6) is 0 Å². The molecule has 0 spiro atoms. The maximum absolute atomic E-state index is 12.8. The van der Waals surface area contributed by atoms with Crippen LogP contribution in [0.2, 0.25) is 0 Å². The molecule has 5 heteroatoms. The van der Waals surface area contributed by atoms with Gasteiger partial charge in [0, 0.05) is 45.0 Å². The van der Waals surface area contributed by atoms with E-state index in [0.717, 1.165) is 6.42 Å². The largest absolute Gasteiger partial charge is 0.322 e. The van der Waals surface area contributed by atoms with Crippen molar-refractivity contribution >= 4 is 28.9 Å². The van der Waals surface area contributed by atoms with Gasteiger partial charge in [-0.1, -0.05) is 50.2 Å². The Morgan fingerprint density at radius 1 is 0.774 bits per heavy atom. The quantitative estimate of drug-likeness (QED) is 0.472. The Morgan fingerprint density at radius 2 is 1.32 bits per heavy atom. The summed E-state index contributed by atoms with van der Waals surface area (Å²) in [4.78, 5) is 50.5. The second-order valence-electron chi connectivity index (χ2n) is 7.67. The van der Waals surface area contributed by atoms with Gasteiger partial charge in [0.15, 0.2) is 17.3 Å². The van der Waals surface area contributed by atoms with Gasteiger partial charge < -0.3 is 5.32 Å². The van der Waals surface area contributed by atoms with Crippen LogP contribution < -0.4 is 5.32 Å². The zero-order chi connectivity index (χ0) is 22.1. The van der Waals surface area contributed by atoms with E-state index in [9.17, 15) is 19.2 Å². The van der Waals surface area contributed by atoms with Gasteiger partial charge >= 0.3 is 0 Å². The van der Waals surface area contributed by atoms with Crippen LogP contribution >= 0.6 is 0 Å². The molecular formula is C26H21NO4. The van der Waals surface area contributed by atoms with E-state index in [1.165, 1.54) is 6.07 Å². The first-order chi connectivity index (χ1) is 14.9. The van der Waals surface area contributed by atoms with Crippen molar-refractivity contribution in [1.82, 2.24) is 0 Å². The number of carbonyl (C=O) groups is 4. The van der Waals surface area contributed by atoms with E-state index >= 15 is 0 Å². The van der Waals surface area contributed by atoms with Gasteiger partial charge in [0.1, 0.15) is 0 Å². The van der Waals surface area contributed by atoms with E-state index in [1.54, 1.807) is 60.7 Å². The van der Waals surface area contributed by atoms with Crippen LogP contribution in [-0.4, -0.2) is 23.3 Å². The van der Waals surface area contributed by atoms with Gasteiger partial charge in [-0.3, -0.25) is 19.2 Å². The molecule has 0 aromatic heterocycles. The second kappa shape index (κ2) is 8.11. The molecule has 0 radical (unpaired) electrons. The number of nitrogens with one attached hydrogen (secondary N) is 1. The van der Waals surface area contributed by atoms with E-state index in [0.29, 0.717) is 33.5 Å². The van der Waals surface area contributed by atoms with Crippen LogP contribution in [0.3, 0.4) is 0 Å². The van der Waals surface area contributed by atoms with Gasteiger partial charge in [-0.15, -0.1) is 0 Å². The number of hydrogen-bond donors (Lipinski definition) is 1. The third-order valence-corrected chi connectivity index (χ3v) is 5.67. The van der Waals surface area contributed by atoms with Gasteiger partial charge in [0.2, 0.25) is 0 Å². The van der Waals surface area contributed by atoms with Gasteiger partial charge in [-0.05, 0) is 36.8 Å². The van der Waals surface area contributed by atoms with E-state index in [1.807, 2.05) is 13.8 Å². The lowest BCUT2D eigenvalue weighted by atomic mass is 9.84. The number of ketones is 3. The highest BCUT2D eigenvalue weighted by Gasteiger charge is 2.29. The molecule has 1 aliphatic rings. The molecule has 1 amide bonds. The molecule has 3 aromatic carbocycles. The fourth-order valence-electron chi connectivity index (χ4n) is 3.64. The average molecular weight is 411 g/mol. The molecule has 0 heterocycles. The number of rotatable bonds is 5. The molecule has 0 aliphatic heterocycles. The summed E-state index contributed by atoms with van der Waals surface area (Å²) in [7, 11) is 0. The highest BCUT2D eigenvalue weighted by molar-refractivity contribution is 6.28. The van der Waals surface area contributed by atoms with E-state index in [4.69, 9.17) is 0 Å². The molecule has 31 heavy (non-hydrogen) atoms. The van der Waals surface area contributed by atoms with Crippen molar-refractivity contribution in [2.75, 3.05) is 5.32 Å². The highest BCUT2D eigenvalue weighted by atomic mass is 16.2. The first-order valence-corrected chi connectivity index (χ1v) is 10.2. The first kappa shape index (κ1) is 20.4. The van der Waals surface area contributed by atoms with Gasteiger partial charge in [0.25, 0.3) is 5.91 Å². The number of hydrogen-bond acceptors (Lipinski definition) is 4. The second-order valence-corrected chi connectivity index (χ2v) is 7.67. The zero-order valence-corrected chi connectivity index (χ0v) is 17.3. The minimum atomic E-state index is -0.363. The average Bonchev–Trinajstić information content (AvgIpc) is 2.81. The molecule has 1 unspecified atom stereocenters. The summed E-state index contributed by atoms with van der Waals surface area (Å²) < 4.78 is 0. The maximum atomic E-state index is 12.8. The topological polar surface area (TPSA) is 80.3 Å². The standard InChI is InChI=1S/C26H21NO4/c1-3-15(2)23(28)16-8-10-17(11-9-16)26(31)27-18-12-13-21-22(14-18)25(30)20-7-5-4-6-19(20)24(21)29/h4-15H,3H2,1-2H3,(H,27,31). The van der Waals surface area contributed by atoms with Gasteiger partial charge in [0.05, 0.1) is 0 Å². The fourth-order valence-corrected chi connectivity index (χ4v) is 3.64. The predicted molar refractivity (Wildman–Crippen MR) is 118 cm³/mol. The summed E-state index contributed by atoms with van der Waals surface area (Å²) in [6.45, 7) is 3.84. The molecule has 1 N–H and O–H groups in total. The zero-order valence-electron chi connectivity index (χ0n) is 17.3. The normalized spacial score (nSPS) is 13.2. The van der Waals surface area contributed by atoms with Crippen LogP contribution in [-0.2, 0) is 0 Å². The minimum absolute atomic E-state index is 0.0487. The van der Waals surface area contributed by atoms with Gasteiger partial charge in [-0.2, -0.15) is 0 Å². The molecule has 1 atom stereocenters. The van der Waals surface area contributed by atoms with Crippen molar-refractivity contribution in [2.45, 2.75) is 20.3 Å². The Labute approximate surface area is 180 Å². The molecule has 0 saturated carbocycles. The van der Waals surface area contributed by atoms with Crippen LogP contribution in [0, 0.1) is 5.92 Å². The number of carbonyl (C=O) groups excluding carboxylic acids is 4. The fraction of sp³-hybridized carbons (Fsp3) is 0.154. The summed E-state index contributed by atoms with van der Waals surface area (Å²) in [6, 6.07) is 17.9. The lowest BCUT2D eigenvalue weighted by Gasteiger charge is -2.18. The Balaban J connectivity index is 1.56. The Kier molecular flexibility index (Phi) is 5.34. The lowest BCUT2D eigenvalue weighted by Crippen LogP contribution is -2.21. The maximum Gasteiger partial charge on any atom is 0.255 e. The Morgan fingerprint density at radius 3 is 1.94 bits per heavy atom. The summed E-state index contributed by atoms with van der Waals surface area (Å²) in [5.41, 5.74) is 2.75. The van der Waals surface area contributed by atoms with Crippen molar-refractivity contribution in [2.24, 2.45) is 5.92 Å². The molecule has 0 fully saturated rings. The molecule has 1 aliphatic carbocycles. The van der Waals surface area contributed by atoms with Crippen molar-refractivity contribution in [3.63, 3.8) is 0 Å². The van der Waals surface area contributed by atoms with Crippen LogP contribution in [0.15, 0.2) is 66.7 Å². The van der Waals surface area contributed by atoms with Crippen LogP contribution in [0.4, 0.5) is 5.69 Å². The Hall–Kier alpha value is -3.86. The lowest BCUT2D eigenvalue weighted by molar-refractivity contribution is 0.0925. The third-order valence-electron chi connectivity index (χ3n) is 5.67. The predicted octanol–water partition coefficient (Wildman–Crippen LogP) is 4.94. The number of Topliss-reactive ketones (excluding diaryl/α,β-unsaturated/α-hetero) is 1. The number of fused-ring (bicyclic) bond motifs is 2. The smallest absolute Gasteiger partial charge is 0.255 e. The van der Waals surface area contributed by atoms with E-state index < -0.39 is 0 Å². The summed E-state index contributed by atoms with van der Waals surface area (Å²) in [5.74, 6) is -0.829. The molecule has 154 valence electrons. The summed E-state index contributed by atoms with van der Waals surface area (Å²) in [5, 5.41) is 2.76. The van der Waals surface area contributed by atoms with Gasteiger partial charge in [-0.25, -0.2) is 0 Å². The van der Waals surface area contributed by atoms with E-state index in [-0.39, 0.29) is 34.7 Å². The first-order valence-electron chi connectivity index (χ1n) is 10.2. The monoisotopic (exact) mass is 411 g/mol.